The van der Waals surface area contributed by atoms with E-state index in [4.69, 9.17) is 9.98 Å². The van der Waals surface area contributed by atoms with E-state index in [2.05, 4.69) is 44.7 Å². The molecule has 0 unspecified atom stereocenters. The van der Waals surface area contributed by atoms with Crippen LogP contribution in [-0.2, 0) is 13.0 Å². The molecule has 0 spiro atoms. The molecule has 1 aliphatic rings. The third-order valence-electron chi connectivity index (χ3n) is 3.97. The molecule has 0 radical (unpaired) electrons. The smallest absolute Gasteiger partial charge is 0.135 e. The SMILES string of the molecule is CCc1cn2c(n1)CN=C(c1ccccn1)c1c(Br)cccc1-2. The molecule has 0 saturated heterocycles. The summed E-state index contributed by atoms with van der Waals surface area (Å²) in [5, 5.41) is 0. The maximum atomic E-state index is 4.83. The number of aliphatic imine (C=N–C) groups is 1. The van der Waals surface area contributed by atoms with Gasteiger partial charge in [-0.25, -0.2) is 4.98 Å². The van der Waals surface area contributed by atoms with Crippen LogP contribution in [0.1, 0.15) is 29.7 Å². The minimum Gasteiger partial charge on any atom is -0.301 e. The lowest BCUT2D eigenvalue weighted by Gasteiger charge is -2.13. The van der Waals surface area contributed by atoms with Crippen LogP contribution in [0.3, 0.4) is 0 Å². The summed E-state index contributed by atoms with van der Waals surface area (Å²) in [5.74, 6) is 0.965. The number of aryl methyl sites for hydroxylation is 1. The van der Waals surface area contributed by atoms with Crippen molar-refractivity contribution in [1.82, 2.24) is 14.5 Å². The van der Waals surface area contributed by atoms with Crippen molar-refractivity contribution in [3.63, 3.8) is 0 Å². The fraction of sp³-hybridized carbons (Fsp3) is 0.167. The summed E-state index contributed by atoms with van der Waals surface area (Å²) in [6, 6.07) is 12.1. The number of nitrogens with zero attached hydrogens (tertiary/aromatic N) is 4. The van der Waals surface area contributed by atoms with Gasteiger partial charge in [-0.3, -0.25) is 9.98 Å². The maximum Gasteiger partial charge on any atom is 0.135 e. The molecule has 0 bridgehead atoms. The lowest BCUT2D eigenvalue weighted by atomic mass is 10.0. The summed E-state index contributed by atoms with van der Waals surface area (Å²) in [7, 11) is 0. The van der Waals surface area contributed by atoms with E-state index in [0.717, 1.165) is 45.1 Å². The van der Waals surface area contributed by atoms with Crippen LogP contribution in [-0.4, -0.2) is 20.2 Å². The Balaban J connectivity index is 1.99. The molecule has 3 aromatic rings. The Morgan fingerprint density at radius 3 is 2.87 bits per heavy atom. The Labute approximate surface area is 143 Å². The highest BCUT2D eigenvalue weighted by Gasteiger charge is 2.22. The quantitative estimate of drug-likeness (QED) is 0.689. The van der Waals surface area contributed by atoms with Crippen molar-refractivity contribution in [3.05, 3.63) is 76.0 Å². The van der Waals surface area contributed by atoms with Crippen LogP contribution in [0.5, 0.6) is 0 Å². The topological polar surface area (TPSA) is 43.1 Å². The summed E-state index contributed by atoms with van der Waals surface area (Å²) < 4.78 is 3.16. The summed E-state index contributed by atoms with van der Waals surface area (Å²) in [6.45, 7) is 2.67. The average Bonchev–Trinajstić information content (AvgIpc) is 2.94. The highest BCUT2D eigenvalue weighted by atomic mass is 79.9. The Hall–Kier alpha value is -2.27. The predicted molar refractivity (Wildman–Crippen MR) is 94.2 cm³/mol. The fourth-order valence-electron chi connectivity index (χ4n) is 2.85. The first-order valence-electron chi connectivity index (χ1n) is 7.60. The first-order valence-corrected chi connectivity index (χ1v) is 8.39. The highest BCUT2D eigenvalue weighted by molar-refractivity contribution is 9.10. The second-order valence-corrected chi connectivity index (χ2v) is 6.24. The first-order chi connectivity index (χ1) is 11.3. The minimum absolute atomic E-state index is 0.549. The van der Waals surface area contributed by atoms with Gasteiger partial charge in [0.25, 0.3) is 0 Å². The second-order valence-electron chi connectivity index (χ2n) is 5.39. The van der Waals surface area contributed by atoms with Gasteiger partial charge in [0, 0.05) is 22.4 Å². The number of rotatable bonds is 2. The third kappa shape index (κ3) is 2.41. The Kier molecular flexibility index (Phi) is 3.58. The number of benzene rings is 1. The van der Waals surface area contributed by atoms with E-state index < -0.39 is 0 Å². The lowest BCUT2D eigenvalue weighted by Crippen LogP contribution is -2.09. The lowest BCUT2D eigenvalue weighted by molar-refractivity contribution is 0.875. The number of hydrogen-bond acceptors (Lipinski definition) is 3. The zero-order valence-corrected chi connectivity index (χ0v) is 14.3. The van der Waals surface area contributed by atoms with Crippen LogP contribution >= 0.6 is 15.9 Å². The highest BCUT2D eigenvalue weighted by Crippen LogP contribution is 2.30. The van der Waals surface area contributed by atoms with Crippen molar-refractivity contribution < 1.29 is 0 Å². The van der Waals surface area contributed by atoms with Gasteiger partial charge in [0.2, 0.25) is 0 Å². The Morgan fingerprint density at radius 2 is 2.09 bits per heavy atom. The number of aromatic nitrogens is 3. The van der Waals surface area contributed by atoms with Gasteiger partial charge in [0.1, 0.15) is 5.82 Å². The van der Waals surface area contributed by atoms with Crippen LogP contribution in [0.2, 0.25) is 0 Å². The van der Waals surface area contributed by atoms with Gasteiger partial charge in [0.15, 0.2) is 0 Å². The van der Waals surface area contributed by atoms with E-state index in [1.54, 1.807) is 6.20 Å². The normalized spacial score (nSPS) is 13.0. The average molecular weight is 367 g/mol. The Morgan fingerprint density at radius 1 is 1.17 bits per heavy atom. The van der Waals surface area contributed by atoms with Gasteiger partial charge in [0.05, 0.1) is 29.3 Å². The fourth-order valence-corrected chi connectivity index (χ4v) is 3.39. The molecular weight excluding hydrogens is 352 g/mol. The summed E-state index contributed by atoms with van der Waals surface area (Å²) >= 11 is 3.69. The van der Waals surface area contributed by atoms with Crippen molar-refractivity contribution in [2.45, 2.75) is 19.9 Å². The molecule has 3 heterocycles. The van der Waals surface area contributed by atoms with Gasteiger partial charge < -0.3 is 4.57 Å². The molecule has 5 heteroatoms. The van der Waals surface area contributed by atoms with E-state index >= 15 is 0 Å². The van der Waals surface area contributed by atoms with Crippen molar-refractivity contribution in [1.29, 1.82) is 0 Å². The van der Waals surface area contributed by atoms with E-state index in [0.29, 0.717) is 6.54 Å². The molecule has 0 aliphatic carbocycles. The van der Waals surface area contributed by atoms with Gasteiger partial charge >= 0.3 is 0 Å². The molecule has 1 aromatic carbocycles. The second kappa shape index (κ2) is 5.74. The molecule has 23 heavy (non-hydrogen) atoms. The number of fused-ring (bicyclic) bond motifs is 3. The summed E-state index contributed by atoms with van der Waals surface area (Å²) in [4.78, 5) is 14.0. The molecule has 1 aliphatic heterocycles. The van der Waals surface area contributed by atoms with E-state index in [9.17, 15) is 0 Å². The molecule has 2 aromatic heterocycles. The van der Waals surface area contributed by atoms with Gasteiger partial charge in [-0.05, 0) is 30.7 Å². The van der Waals surface area contributed by atoms with E-state index in [1.165, 1.54) is 0 Å². The van der Waals surface area contributed by atoms with Crippen LogP contribution in [0, 0.1) is 0 Å². The molecule has 0 saturated carbocycles. The number of hydrogen-bond donors (Lipinski definition) is 0. The molecule has 0 atom stereocenters. The molecule has 0 amide bonds. The molecule has 114 valence electrons. The monoisotopic (exact) mass is 366 g/mol. The van der Waals surface area contributed by atoms with Crippen LogP contribution < -0.4 is 0 Å². The Bertz CT molecular complexity index is 897. The maximum absolute atomic E-state index is 4.83. The molecule has 4 rings (SSSR count). The number of imidazole rings is 1. The molecule has 0 fully saturated rings. The molecule has 4 nitrogen and oxygen atoms in total. The molecular formula is C18H15BrN4. The van der Waals surface area contributed by atoms with Crippen molar-refractivity contribution in [2.24, 2.45) is 4.99 Å². The van der Waals surface area contributed by atoms with E-state index in [1.807, 2.05) is 30.3 Å². The predicted octanol–water partition coefficient (Wildman–Crippen LogP) is 3.94. The summed E-state index contributed by atoms with van der Waals surface area (Å²) in [5.41, 5.74) is 5.01. The third-order valence-corrected chi connectivity index (χ3v) is 4.63. The van der Waals surface area contributed by atoms with Crippen molar-refractivity contribution >= 4 is 21.6 Å². The first kappa shape index (κ1) is 14.3. The summed E-state index contributed by atoms with van der Waals surface area (Å²) in [6.07, 6.45) is 4.82. The zero-order chi connectivity index (χ0) is 15.8. The van der Waals surface area contributed by atoms with Crippen LogP contribution in [0.25, 0.3) is 5.69 Å². The standard InChI is InChI=1S/C18H15BrN4/c1-2-12-11-23-15-8-5-6-13(19)17(15)18(21-10-16(23)22-12)14-7-3-4-9-20-14/h3-9,11H,2,10H2,1H3. The van der Waals surface area contributed by atoms with E-state index in [-0.39, 0.29) is 0 Å². The van der Waals surface area contributed by atoms with Crippen molar-refractivity contribution in [2.75, 3.05) is 0 Å². The van der Waals surface area contributed by atoms with Crippen LogP contribution in [0.4, 0.5) is 0 Å². The number of halogens is 1. The van der Waals surface area contributed by atoms with Gasteiger partial charge in [-0.2, -0.15) is 0 Å². The van der Waals surface area contributed by atoms with Crippen LogP contribution in [0.15, 0.2) is 58.3 Å². The largest absolute Gasteiger partial charge is 0.301 e. The van der Waals surface area contributed by atoms with Gasteiger partial charge in [-0.15, -0.1) is 0 Å². The number of pyridine rings is 1. The minimum atomic E-state index is 0.549. The molecule has 0 N–H and O–H groups in total. The van der Waals surface area contributed by atoms with Gasteiger partial charge in [-0.1, -0.05) is 35.0 Å². The zero-order valence-electron chi connectivity index (χ0n) is 12.7. The van der Waals surface area contributed by atoms with Crippen molar-refractivity contribution in [3.8, 4) is 5.69 Å².